The van der Waals surface area contributed by atoms with Gasteiger partial charge in [0.2, 0.25) is 0 Å². The van der Waals surface area contributed by atoms with E-state index < -0.39 is 10.0 Å². The molecule has 3 aromatic rings. The second kappa shape index (κ2) is 8.59. The van der Waals surface area contributed by atoms with Crippen molar-refractivity contribution in [1.82, 2.24) is 14.8 Å². The molecule has 1 heterocycles. The van der Waals surface area contributed by atoms with Gasteiger partial charge in [0.25, 0.3) is 10.0 Å². The Bertz CT molecular complexity index is 1070. The number of aromatic nitrogens is 3. The Kier molecular flexibility index (Phi) is 5.91. The third-order valence-electron chi connectivity index (χ3n) is 5.34. The average Bonchev–Trinajstić information content (AvgIpc) is 3.23. The lowest BCUT2D eigenvalue weighted by molar-refractivity contribution is 0.443. The molecule has 6 nitrogen and oxygen atoms in total. The first-order chi connectivity index (χ1) is 14.1. The highest BCUT2D eigenvalue weighted by molar-refractivity contribution is 7.98. The van der Waals surface area contributed by atoms with Gasteiger partial charge in [-0.2, -0.15) is 0 Å². The molecular weight excluding hydrogens is 404 g/mol. The van der Waals surface area contributed by atoms with E-state index in [2.05, 4.69) is 14.9 Å². The van der Waals surface area contributed by atoms with E-state index >= 15 is 0 Å². The van der Waals surface area contributed by atoms with Crippen molar-refractivity contribution in [1.29, 1.82) is 0 Å². The van der Waals surface area contributed by atoms with Crippen molar-refractivity contribution in [3.8, 4) is 5.69 Å². The van der Waals surface area contributed by atoms with Crippen LogP contribution in [-0.4, -0.2) is 29.4 Å². The second-order valence-electron chi connectivity index (χ2n) is 7.25. The summed E-state index contributed by atoms with van der Waals surface area (Å²) in [6, 6.07) is 14.6. The number of benzene rings is 2. The maximum Gasteiger partial charge on any atom is 0.261 e. The molecule has 0 aliphatic heterocycles. The van der Waals surface area contributed by atoms with Gasteiger partial charge in [0.05, 0.1) is 16.3 Å². The number of hydrogen-bond acceptors (Lipinski definition) is 5. The molecule has 0 unspecified atom stereocenters. The van der Waals surface area contributed by atoms with Gasteiger partial charge in [-0.25, -0.2) is 8.42 Å². The summed E-state index contributed by atoms with van der Waals surface area (Å²) in [6.45, 7) is 0. The number of nitrogens with zero attached hydrogens (tertiary/aromatic N) is 3. The highest BCUT2D eigenvalue weighted by atomic mass is 32.2. The SMILES string of the molecule is CSc1nncn1-c1cccc(NS(=O)(=O)c2ccc(C3CCCCC3)cc2)c1. The minimum Gasteiger partial charge on any atom is -0.280 e. The lowest BCUT2D eigenvalue weighted by atomic mass is 9.84. The largest absolute Gasteiger partial charge is 0.280 e. The third kappa shape index (κ3) is 4.48. The first kappa shape index (κ1) is 20.0. The average molecular weight is 429 g/mol. The molecule has 29 heavy (non-hydrogen) atoms. The molecule has 1 N–H and O–H groups in total. The van der Waals surface area contributed by atoms with Gasteiger partial charge in [-0.1, -0.05) is 49.2 Å². The number of rotatable bonds is 6. The van der Waals surface area contributed by atoms with E-state index in [1.807, 2.05) is 35.1 Å². The van der Waals surface area contributed by atoms with Crippen molar-refractivity contribution in [2.45, 2.75) is 48.1 Å². The number of hydrogen-bond donors (Lipinski definition) is 1. The number of anilines is 1. The van der Waals surface area contributed by atoms with Crippen molar-refractivity contribution in [3.63, 3.8) is 0 Å². The summed E-state index contributed by atoms with van der Waals surface area (Å²) < 4.78 is 30.2. The van der Waals surface area contributed by atoms with Crippen LogP contribution < -0.4 is 4.72 Å². The molecule has 2 aromatic carbocycles. The van der Waals surface area contributed by atoms with Gasteiger partial charge in [-0.05, 0) is 60.9 Å². The van der Waals surface area contributed by atoms with Crippen molar-refractivity contribution in [2.75, 3.05) is 11.0 Å². The molecule has 0 saturated heterocycles. The van der Waals surface area contributed by atoms with E-state index in [0.29, 0.717) is 11.6 Å². The molecule has 1 aliphatic rings. The van der Waals surface area contributed by atoms with Crippen LogP contribution in [0.15, 0.2) is 64.9 Å². The topological polar surface area (TPSA) is 76.9 Å². The molecule has 4 rings (SSSR count). The maximum absolute atomic E-state index is 12.9. The Morgan fingerprint density at radius 2 is 1.83 bits per heavy atom. The van der Waals surface area contributed by atoms with Gasteiger partial charge in [0, 0.05) is 0 Å². The Labute approximate surface area is 175 Å². The summed E-state index contributed by atoms with van der Waals surface area (Å²) in [6.07, 6.45) is 9.74. The molecule has 1 aromatic heterocycles. The van der Waals surface area contributed by atoms with Gasteiger partial charge in [-0.15, -0.1) is 10.2 Å². The normalized spacial score (nSPS) is 15.3. The lowest BCUT2D eigenvalue weighted by Crippen LogP contribution is -2.13. The Morgan fingerprint density at radius 1 is 1.07 bits per heavy atom. The van der Waals surface area contributed by atoms with Crippen LogP contribution in [0, 0.1) is 0 Å². The number of nitrogens with one attached hydrogen (secondary N) is 1. The molecule has 1 saturated carbocycles. The number of thioether (sulfide) groups is 1. The first-order valence-corrected chi connectivity index (χ1v) is 12.4. The minimum atomic E-state index is -3.66. The Morgan fingerprint density at radius 3 is 2.55 bits per heavy atom. The van der Waals surface area contributed by atoms with E-state index in [0.717, 1.165) is 10.8 Å². The monoisotopic (exact) mass is 428 g/mol. The van der Waals surface area contributed by atoms with Gasteiger partial charge in [0.1, 0.15) is 6.33 Å². The maximum atomic E-state index is 12.9. The molecule has 152 valence electrons. The van der Waals surface area contributed by atoms with Crippen LogP contribution >= 0.6 is 11.8 Å². The van der Waals surface area contributed by atoms with Crippen molar-refractivity contribution < 1.29 is 8.42 Å². The van der Waals surface area contributed by atoms with E-state index in [9.17, 15) is 8.42 Å². The molecule has 0 amide bonds. The second-order valence-corrected chi connectivity index (χ2v) is 9.70. The lowest BCUT2D eigenvalue weighted by Gasteiger charge is -2.22. The number of sulfonamides is 1. The highest BCUT2D eigenvalue weighted by Crippen LogP contribution is 2.33. The van der Waals surface area contributed by atoms with E-state index in [1.165, 1.54) is 49.4 Å². The van der Waals surface area contributed by atoms with Crippen molar-refractivity contribution >= 4 is 27.5 Å². The summed E-state index contributed by atoms with van der Waals surface area (Å²) >= 11 is 1.48. The standard InChI is InChI=1S/C21H24N4O2S2/c1-28-21-23-22-15-25(21)19-9-5-8-18(14-19)24-29(26,27)20-12-10-17(11-13-20)16-6-3-2-4-7-16/h5,8-16,24H,2-4,6-7H2,1H3. The predicted molar refractivity (Wildman–Crippen MR) is 116 cm³/mol. The van der Waals surface area contributed by atoms with E-state index in [1.54, 1.807) is 30.6 Å². The fourth-order valence-electron chi connectivity index (χ4n) is 3.83. The Balaban J connectivity index is 1.53. The molecule has 0 bridgehead atoms. The van der Waals surface area contributed by atoms with Crippen LogP contribution in [0.3, 0.4) is 0 Å². The van der Waals surface area contributed by atoms with Gasteiger partial charge in [-0.3, -0.25) is 9.29 Å². The van der Waals surface area contributed by atoms with Crippen LogP contribution in [-0.2, 0) is 10.0 Å². The molecule has 0 atom stereocenters. The van der Waals surface area contributed by atoms with Gasteiger partial charge >= 0.3 is 0 Å². The molecule has 8 heteroatoms. The van der Waals surface area contributed by atoms with Crippen molar-refractivity contribution in [3.05, 3.63) is 60.4 Å². The predicted octanol–water partition coefficient (Wildman–Crippen LogP) is 4.84. The van der Waals surface area contributed by atoms with Crippen LogP contribution in [0.2, 0.25) is 0 Å². The molecule has 1 aliphatic carbocycles. The zero-order valence-electron chi connectivity index (χ0n) is 16.3. The van der Waals surface area contributed by atoms with E-state index in [4.69, 9.17) is 0 Å². The third-order valence-corrected chi connectivity index (χ3v) is 7.38. The zero-order valence-corrected chi connectivity index (χ0v) is 17.9. The summed E-state index contributed by atoms with van der Waals surface area (Å²) in [5, 5.41) is 8.71. The fraction of sp³-hybridized carbons (Fsp3) is 0.333. The first-order valence-electron chi connectivity index (χ1n) is 9.74. The fourth-order valence-corrected chi connectivity index (χ4v) is 5.36. The van der Waals surface area contributed by atoms with Gasteiger partial charge < -0.3 is 0 Å². The van der Waals surface area contributed by atoms with E-state index in [-0.39, 0.29) is 4.90 Å². The Hall–Kier alpha value is -2.32. The van der Waals surface area contributed by atoms with Crippen LogP contribution in [0.4, 0.5) is 5.69 Å². The molecule has 0 spiro atoms. The van der Waals surface area contributed by atoms with Crippen LogP contribution in [0.1, 0.15) is 43.6 Å². The summed E-state index contributed by atoms with van der Waals surface area (Å²) in [5.41, 5.74) is 2.54. The minimum absolute atomic E-state index is 0.275. The van der Waals surface area contributed by atoms with Gasteiger partial charge in [0.15, 0.2) is 5.16 Å². The summed E-state index contributed by atoms with van der Waals surface area (Å²) in [5.74, 6) is 0.555. The molecule has 1 fully saturated rings. The summed E-state index contributed by atoms with van der Waals surface area (Å²) in [4.78, 5) is 0.275. The summed E-state index contributed by atoms with van der Waals surface area (Å²) in [7, 11) is -3.66. The van der Waals surface area contributed by atoms with Crippen molar-refractivity contribution in [2.24, 2.45) is 0 Å². The highest BCUT2D eigenvalue weighted by Gasteiger charge is 2.18. The quantitative estimate of drug-likeness (QED) is 0.569. The molecule has 0 radical (unpaired) electrons. The molecular formula is C21H24N4O2S2. The zero-order chi connectivity index (χ0) is 20.3. The van der Waals surface area contributed by atoms with Crippen LogP contribution in [0.5, 0.6) is 0 Å². The smallest absolute Gasteiger partial charge is 0.261 e. The van der Waals surface area contributed by atoms with Crippen LogP contribution in [0.25, 0.3) is 5.69 Å².